The minimum Gasteiger partial charge on any atom is -0.349 e. The van der Waals surface area contributed by atoms with Gasteiger partial charge in [-0.3, -0.25) is 19.2 Å². The Kier molecular flexibility index (Phi) is 4.77. The van der Waals surface area contributed by atoms with E-state index in [0.717, 1.165) is 11.0 Å². The molecule has 2 aliphatic heterocycles. The van der Waals surface area contributed by atoms with Gasteiger partial charge in [0, 0.05) is 11.1 Å². The molecule has 0 aromatic heterocycles. The fourth-order valence-electron chi connectivity index (χ4n) is 5.38. The first-order valence-electron chi connectivity index (χ1n) is 10.7. The van der Waals surface area contributed by atoms with Gasteiger partial charge in [-0.1, -0.05) is 59.6 Å². The third kappa shape index (κ3) is 2.86. The number of amides is 2. The first kappa shape index (κ1) is 22.1. The average molecular weight is 510 g/mol. The van der Waals surface area contributed by atoms with Gasteiger partial charge in [-0.25, -0.2) is 9.29 Å². The molecule has 2 saturated heterocycles. The van der Waals surface area contributed by atoms with Crippen molar-refractivity contribution in [3.8, 4) is 0 Å². The maximum Gasteiger partial charge on any atom is 0.241 e. The van der Waals surface area contributed by atoms with Crippen molar-refractivity contribution in [3.05, 3.63) is 99.3 Å². The van der Waals surface area contributed by atoms with Crippen molar-refractivity contribution in [2.75, 3.05) is 4.90 Å². The summed E-state index contributed by atoms with van der Waals surface area (Å²) in [4.78, 5) is 55.8. The Bertz CT molecular complexity index is 1450. The van der Waals surface area contributed by atoms with Gasteiger partial charge in [0.2, 0.25) is 29.0 Å². The molecule has 0 saturated carbocycles. The quantitative estimate of drug-likeness (QED) is 0.365. The molecular weight excluding hydrogens is 496 g/mol. The van der Waals surface area contributed by atoms with Crippen molar-refractivity contribution in [2.24, 2.45) is 11.8 Å². The number of hydrogen-bond donors (Lipinski definition) is 0. The van der Waals surface area contributed by atoms with Gasteiger partial charge >= 0.3 is 0 Å². The van der Waals surface area contributed by atoms with Crippen molar-refractivity contribution < 1.29 is 28.3 Å². The third-order valence-electron chi connectivity index (χ3n) is 6.86. The second-order valence-electron chi connectivity index (χ2n) is 8.65. The van der Waals surface area contributed by atoms with Crippen molar-refractivity contribution in [1.82, 2.24) is 0 Å². The van der Waals surface area contributed by atoms with Crippen LogP contribution in [0.3, 0.4) is 0 Å². The van der Waals surface area contributed by atoms with E-state index >= 15 is 0 Å². The summed E-state index contributed by atoms with van der Waals surface area (Å²) < 4.78 is 20.2. The number of anilines is 1. The predicted octanol–water partition coefficient (Wildman–Crippen LogP) is 4.83. The Morgan fingerprint density at radius 3 is 2.11 bits per heavy atom. The lowest BCUT2D eigenvalue weighted by atomic mass is 9.77. The van der Waals surface area contributed by atoms with Crippen LogP contribution in [0.4, 0.5) is 10.1 Å². The number of carbonyl (C=O) groups is 4. The van der Waals surface area contributed by atoms with Crippen molar-refractivity contribution in [3.63, 3.8) is 0 Å². The molecule has 0 bridgehead atoms. The molecule has 1 aliphatic carbocycles. The zero-order valence-corrected chi connectivity index (χ0v) is 19.2. The molecule has 3 aliphatic rings. The molecule has 0 radical (unpaired) electrons. The van der Waals surface area contributed by atoms with Crippen LogP contribution in [-0.4, -0.2) is 29.0 Å². The Labute approximate surface area is 208 Å². The molecule has 3 aromatic rings. The van der Waals surface area contributed by atoms with E-state index < -0.39 is 52.7 Å². The van der Waals surface area contributed by atoms with Gasteiger partial charge in [-0.2, -0.15) is 0 Å². The van der Waals surface area contributed by atoms with Crippen LogP contribution in [0.2, 0.25) is 10.0 Å². The first-order valence-corrected chi connectivity index (χ1v) is 11.5. The number of ether oxygens (including phenoxy) is 1. The molecule has 2 heterocycles. The van der Waals surface area contributed by atoms with Crippen molar-refractivity contribution in [2.45, 2.75) is 11.7 Å². The molecule has 1 spiro atoms. The average Bonchev–Trinajstić information content (AvgIpc) is 3.41. The van der Waals surface area contributed by atoms with E-state index in [2.05, 4.69) is 0 Å². The Morgan fingerprint density at radius 1 is 0.800 bits per heavy atom. The van der Waals surface area contributed by atoms with Gasteiger partial charge in [-0.05, 0) is 35.9 Å². The largest absolute Gasteiger partial charge is 0.349 e. The summed E-state index contributed by atoms with van der Waals surface area (Å²) >= 11 is 12.1. The molecule has 3 unspecified atom stereocenters. The number of ketones is 2. The van der Waals surface area contributed by atoms with Gasteiger partial charge in [-0.15, -0.1) is 0 Å². The SMILES string of the molecule is O=C1C2C(c3cccc(F)c3)OC3(C(=O)c4ccccc4C3=O)C2C(=O)N1c1ccc(Cl)c(Cl)c1. The summed E-state index contributed by atoms with van der Waals surface area (Å²) in [5.41, 5.74) is -1.62. The zero-order chi connectivity index (χ0) is 24.6. The van der Waals surface area contributed by atoms with Crippen molar-refractivity contribution >= 4 is 52.3 Å². The third-order valence-corrected chi connectivity index (χ3v) is 7.60. The van der Waals surface area contributed by atoms with Crippen LogP contribution in [-0.2, 0) is 14.3 Å². The summed E-state index contributed by atoms with van der Waals surface area (Å²) in [5.74, 6) is -6.10. The van der Waals surface area contributed by atoms with E-state index in [0.29, 0.717) is 0 Å². The molecule has 174 valence electrons. The van der Waals surface area contributed by atoms with Crippen LogP contribution >= 0.6 is 23.2 Å². The van der Waals surface area contributed by atoms with Crippen LogP contribution < -0.4 is 4.90 Å². The molecule has 9 heteroatoms. The molecule has 0 N–H and O–H groups in total. The molecule has 3 atom stereocenters. The molecule has 2 fully saturated rings. The number of Topliss-reactive ketones (excluding diaryl/α,β-unsaturated/α-hetero) is 2. The molecule has 2 amide bonds. The van der Waals surface area contributed by atoms with E-state index in [1.54, 1.807) is 12.1 Å². The zero-order valence-electron chi connectivity index (χ0n) is 17.7. The highest BCUT2D eigenvalue weighted by atomic mass is 35.5. The van der Waals surface area contributed by atoms with Crippen LogP contribution in [0.15, 0.2) is 66.7 Å². The number of imide groups is 1. The number of carbonyl (C=O) groups excluding carboxylic acids is 4. The first-order chi connectivity index (χ1) is 16.8. The van der Waals surface area contributed by atoms with E-state index in [-0.39, 0.29) is 32.4 Å². The van der Waals surface area contributed by atoms with E-state index in [1.165, 1.54) is 48.5 Å². The smallest absolute Gasteiger partial charge is 0.241 e. The van der Waals surface area contributed by atoms with Gasteiger partial charge in [0.1, 0.15) is 5.82 Å². The number of rotatable bonds is 2. The normalized spacial score (nSPS) is 24.4. The maximum atomic E-state index is 14.1. The van der Waals surface area contributed by atoms with Gasteiger partial charge in [0.05, 0.1) is 33.7 Å². The standard InChI is InChI=1S/C26H14Cl2FNO5/c27-17-9-8-14(11-18(17)28)30-24(33)19-20(25(30)34)26(35-21(19)12-4-3-5-13(29)10-12)22(31)15-6-1-2-7-16(15)23(26)32/h1-11,19-21H. The highest BCUT2D eigenvalue weighted by Crippen LogP contribution is 2.57. The van der Waals surface area contributed by atoms with Gasteiger partial charge in [0.25, 0.3) is 0 Å². The lowest BCUT2D eigenvalue weighted by Gasteiger charge is -2.27. The molecule has 6 nitrogen and oxygen atoms in total. The second-order valence-corrected chi connectivity index (χ2v) is 9.46. The number of fused-ring (bicyclic) bond motifs is 3. The van der Waals surface area contributed by atoms with Crippen LogP contribution in [0.25, 0.3) is 0 Å². The maximum absolute atomic E-state index is 14.1. The molecule has 35 heavy (non-hydrogen) atoms. The van der Waals surface area contributed by atoms with E-state index in [9.17, 15) is 23.6 Å². The van der Waals surface area contributed by atoms with Crippen LogP contribution in [0, 0.1) is 17.7 Å². The molecular formula is C26H14Cl2FNO5. The highest BCUT2D eigenvalue weighted by Gasteiger charge is 2.74. The van der Waals surface area contributed by atoms with Gasteiger partial charge in [0.15, 0.2) is 0 Å². The van der Waals surface area contributed by atoms with Crippen LogP contribution in [0.1, 0.15) is 32.4 Å². The summed E-state index contributed by atoms with van der Waals surface area (Å²) in [5, 5.41) is 0.346. The van der Waals surface area contributed by atoms with E-state index in [4.69, 9.17) is 27.9 Å². The van der Waals surface area contributed by atoms with E-state index in [1.807, 2.05) is 0 Å². The lowest BCUT2D eigenvalue weighted by Crippen LogP contribution is -2.51. The second kappa shape index (κ2) is 7.55. The highest BCUT2D eigenvalue weighted by molar-refractivity contribution is 6.42. The topological polar surface area (TPSA) is 80.8 Å². The number of benzene rings is 3. The number of nitrogens with zero attached hydrogens (tertiary/aromatic N) is 1. The summed E-state index contributed by atoms with van der Waals surface area (Å²) in [7, 11) is 0. The fraction of sp³-hybridized carbons (Fsp3) is 0.154. The van der Waals surface area contributed by atoms with Crippen molar-refractivity contribution in [1.29, 1.82) is 0 Å². The number of hydrogen-bond acceptors (Lipinski definition) is 5. The summed E-state index contributed by atoms with van der Waals surface area (Å²) in [6, 6.07) is 15.7. The van der Waals surface area contributed by atoms with Gasteiger partial charge < -0.3 is 4.74 Å². The fourth-order valence-corrected chi connectivity index (χ4v) is 5.67. The summed E-state index contributed by atoms with van der Waals surface area (Å²) in [6.45, 7) is 0. The predicted molar refractivity (Wildman–Crippen MR) is 124 cm³/mol. The molecule has 3 aromatic carbocycles. The monoisotopic (exact) mass is 509 g/mol. The van der Waals surface area contributed by atoms with Crippen LogP contribution in [0.5, 0.6) is 0 Å². The Hall–Kier alpha value is -3.39. The minimum atomic E-state index is -2.23. The Balaban J connectivity index is 1.55. The Morgan fingerprint density at radius 2 is 1.49 bits per heavy atom. The summed E-state index contributed by atoms with van der Waals surface area (Å²) in [6.07, 6.45) is -1.21. The minimum absolute atomic E-state index is 0.115. The molecule has 6 rings (SSSR count). The lowest BCUT2D eigenvalue weighted by molar-refractivity contribution is -0.127. The number of halogens is 3.